The van der Waals surface area contributed by atoms with E-state index in [9.17, 15) is 18.0 Å². The average molecular weight is 256 g/mol. The second-order valence-corrected chi connectivity index (χ2v) is 3.89. The Labute approximate surface area is 98.9 Å². The maximum absolute atomic E-state index is 12.0. The number of methoxy groups -OCH3 is 1. The minimum atomic E-state index is -4.22. The molecule has 1 amide bonds. The van der Waals surface area contributed by atoms with Crippen LogP contribution in [0, 0.1) is 0 Å². The van der Waals surface area contributed by atoms with Gasteiger partial charge in [0.2, 0.25) is 5.91 Å². The molecule has 2 atom stereocenters. The van der Waals surface area contributed by atoms with Crippen molar-refractivity contribution in [3.8, 4) is 0 Å². The quantitative estimate of drug-likeness (QED) is 0.670. The van der Waals surface area contributed by atoms with E-state index < -0.39 is 24.7 Å². The van der Waals surface area contributed by atoms with Gasteiger partial charge in [-0.2, -0.15) is 13.2 Å². The largest absolute Gasteiger partial charge is 0.390 e. The Morgan fingerprint density at radius 1 is 1.35 bits per heavy atom. The van der Waals surface area contributed by atoms with E-state index in [2.05, 4.69) is 10.6 Å². The molecule has 2 unspecified atom stereocenters. The highest BCUT2D eigenvalue weighted by Gasteiger charge is 2.30. The number of hydrogen-bond donors (Lipinski definition) is 2. The lowest BCUT2D eigenvalue weighted by Gasteiger charge is -2.20. The number of hydrogen-bond acceptors (Lipinski definition) is 3. The maximum atomic E-state index is 12.0. The predicted octanol–water partition coefficient (Wildman–Crippen LogP) is 1.07. The number of amides is 1. The van der Waals surface area contributed by atoms with Crippen LogP contribution in [0.4, 0.5) is 13.2 Å². The predicted molar refractivity (Wildman–Crippen MR) is 57.6 cm³/mol. The summed E-state index contributed by atoms with van der Waals surface area (Å²) in [7, 11) is 1.50. The Hall–Kier alpha value is -0.820. The third kappa shape index (κ3) is 8.93. The Morgan fingerprint density at radius 3 is 2.41 bits per heavy atom. The molecule has 102 valence electrons. The third-order valence-electron chi connectivity index (χ3n) is 2.07. The molecule has 0 bridgehead atoms. The van der Waals surface area contributed by atoms with Crippen molar-refractivity contribution < 1.29 is 22.7 Å². The standard InChI is InChI=1S/C10H19F3N2O2/c1-7(6-10(11,12)13)15-8(2)9(16)14-4-5-17-3/h7-8,15H,4-6H2,1-3H3,(H,14,16). The lowest BCUT2D eigenvalue weighted by Crippen LogP contribution is -2.47. The first-order chi connectivity index (χ1) is 7.76. The minimum absolute atomic E-state index is 0.337. The topological polar surface area (TPSA) is 50.4 Å². The van der Waals surface area contributed by atoms with Gasteiger partial charge in [-0.3, -0.25) is 4.79 Å². The van der Waals surface area contributed by atoms with Gasteiger partial charge in [-0.25, -0.2) is 0 Å². The van der Waals surface area contributed by atoms with Crippen LogP contribution < -0.4 is 10.6 Å². The van der Waals surface area contributed by atoms with E-state index in [1.807, 2.05) is 0 Å². The lowest BCUT2D eigenvalue weighted by molar-refractivity contribution is -0.140. The smallest absolute Gasteiger partial charge is 0.383 e. The monoisotopic (exact) mass is 256 g/mol. The summed E-state index contributed by atoms with van der Waals surface area (Å²) < 4.78 is 40.9. The molecule has 0 aromatic carbocycles. The maximum Gasteiger partial charge on any atom is 0.390 e. The summed E-state index contributed by atoms with van der Waals surface area (Å²) in [6.07, 6.45) is -5.18. The summed E-state index contributed by atoms with van der Waals surface area (Å²) in [4.78, 5) is 11.4. The van der Waals surface area contributed by atoms with Gasteiger partial charge in [0.15, 0.2) is 0 Å². The van der Waals surface area contributed by atoms with Crippen molar-refractivity contribution >= 4 is 5.91 Å². The number of halogens is 3. The molecule has 2 N–H and O–H groups in total. The summed E-state index contributed by atoms with van der Waals surface area (Å²) in [5.41, 5.74) is 0. The summed E-state index contributed by atoms with van der Waals surface area (Å²) in [6.45, 7) is 3.63. The minimum Gasteiger partial charge on any atom is -0.383 e. The van der Waals surface area contributed by atoms with Gasteiger partial charge in [-0.1, -0.05) is 0 Å². The molecule has 0 aromatic heterocycles. The number of rotatable bonds is 7. The molecule has 0 heterocycles. The van der Waals surface area contributed by atoms with E-state index in [0.717, 1.165) is 0 Å². The number of alkyl halides is 3. The average Bonchev–Trinajstić information content (AvgIpc) is 2.14. The fourth-order valence-electron chi connectivity index (χ4n) is 1.34. The number of ether oxygens (including phenoxy) is 1. The molecular weight excluding hydrogens is 237 g/mol. The van der Waals surface area contributed by atoms with E-state index in [4.69, 9.17) is 4.74 Å². The van der Waals surface area contributed by atoms with Crippen LogP contribution in [-0.2, 0) is 9.53 Å². The number of carbonyl (C=O) groups excluding carboxylic acids is 1. The molecule has 0 aromatic rings. The summed E-state index contributed by atoms with van der Waals surface area (Å²) >= 11 is 0. The highest BCUT2D eigenvalue weighted by Crippen LogP contribution is 2.21. The second kappa shape index (κ2) is 7.50. The summed E-state index contributed by atoms with van der Waals surface area (Å²) in [6, 6.07) is -1.46. The molecular formula is C10H19F3N2O2. The van der Waals surface area contributed by atoms with Crippen molar-refractivity contribution in [2.45, 2.75) is 38.5 Å². The molecule has 7 heteroatoms. The molecule has 4 nitrogen and oxygen atoms in total. The van der Waals surface area contributed by atoms with Crippen LogP contribution >= 0.6 is 0 Å². The van der Waals surface area contributed by atoms with Crippen molar-refractivity contribution in [2.75, 3.05) is 20.3 Å². The van der Waals surface area contributed by atoms with Gasteiger partial charge in [0.25, 0.3) is 0 Å². The van der Waals surface area contributed by atoms with Crippen LogP contribution in [0.3, 0.4) is 0 Å². The van der Waals surface area contributed by atoms with Gasteiger partial charge in [-0.05, 0) is 13.8 Å². The fraction of sp³-hybridized carbons (Fsp3) is 0.900. The Morgan fingerprint density at radius 2 is 1.94 bits per heavy atom. The molecule has 0 rings (SSSR count). The van der Waals surface area contributed by atoms with Crippen molar-refractivity contribution in [3.05, 3.63) is 0 Å². The van der Waals surface area contributed by atoms with Gasteiger partial charge in [-0.15, -0.1) is 0 Å². The first-order valence-corrected chi connectivity index (χ1v) is 5.35. The second-order valence-electron chi connectivity index (χ2n) is 3.89. The lowest BCUT2D eigenvalue weighted by atomic mass is 10.2. The van der Waals surface area contributed by atoms with Gasteiger partial charge in [0.05, 0.1) is 19.1 Å². The van der Waals surface area contributed by atoms with E-state index in [-0.39, 0.29) is 5.91 Å². The van der Waals surface area contributed by atoms with Crippen LogP contribution in [0.2, 0.25) is 0 Å². The Balaban J connectivity index is 3.90. The van der Waals surface area contributed by atoms with Crippen LogP contribution in [0.15, 0.2) is 0 Å². The molecule has 0 saturated carbocycles. The van der Waals surface area contributed by atoms with E-state index in [1.54, 1.807) is 0 Å². The fourth-order valence-corrected chi connectivity index (χ4v) is 1.34. The number of nitrogens with one attached hydrogen (secondary N) is 2. The Bertz CT molecular complexity index is 234. The van der Waals surface area contributed by atoms with Gasteiger partial charge in [0, 0.05) is 19.7 Å². The zero-order valence-corrected chi connectivity index (χ0v) is 10.2. The van der Waals surface area contributed by atoms with Crippen LogP contribution in [-0.4, -0.2) is 44.4 Å². The van der Waals surface area contributed by atoms with Crippen LogP contribution in [0.1, 0.15) is 20.3 Å². The van der Waals surface area contributed by atoms with Crippen molar-refractivity contribution in [2.24, 2.45) is 0 Å². The normalized spacial score (nSPS) is 15.4. The molecule has 0 fully saturated rings. The molecule has 0 aliphatic rings. The summed E-state index contributed by atoms with van der Waals surface area (Å²) in [5, 5.41) is 5.13. The molecule has 0 spiro atoms. The van der Waals surface area contributed by atoms with Gasteiger partial charge >= 0.3 is 6.18 Å². The molecule has 0 saturated heterocycles. The van der Waals surface area contributed by atoms with Crippen LogP contribution in [0.25, 0.3) is 0 Å². The molecule has 17 heavy (non-hydrogen) atoms. The third-order valence-corrected chi connectivity index (χ3v) is 2.07. The molecule has 0 radical (unpaired) electrons. The van der Waals surface area contributed by atoms with Crippen molar-refractivity contribution in [1.29, 1.82) is 0 Å². The van der Waals surface area contributed by atoms with Gasteiger partial charge < -0.3 is 15.4 Å². The Kier molecular flexibility index (Phi) is 7.13. The zero-order valence-electron chi connectivity index (χ0n) is 10.2. The highest BCUT2D eigenvalue weighted by molar-refractivity contribution is 5.81. The number of carbonyl (C=O) groups is 1. The zero-order chi connectivity index (χ0) is 13.5. The first-order valence-electron chi connectivity index (χ1n) is 5.35. The van der Waals surface area contributed by atoms with Crippen molar-refractivity contribution in [1.82, 2.24) is 10.6 Å². The molecule has 0 aliphatic heterocycles. The van der Waals surface area contributed by atoms with E-state index >= 15 is 0 Å². The highest BCUT2D eigenvalue weighted by atomic mass is 19.4. The van der Waals surface area contributed by atoms with E-state index in [0.29, 0.717) is 13.2 Å². The molecule has 0 aliphatic carbocycles. The van der Waals surface area contributed by atoms with Crippen molar-refractivity contribution in [3.63, 3.8) is 0 Å². The first kappa shape index (κ1) is 16.2. The van der Waals surface area contributed by atoms with Crippen LogP contribution in [0.5, 0.6) is 0 Å². The summed E-state index contributed by atoms with van der Waals surface area (Å²) in [5.74, 6) is -0.337. The van der Waals surface area contributed by atoms with Gasteiger partial charge in [0.1, 0.15) is 0 Å². The SMILES string of the molecule is COCCNC(=O)C(C)NC(C)CC(F)(F)F. The van der Waals surface area contributed by atoms with E-state index in [1.165, 1.54) is 21.0 Å².